The Bertz CT molecular complexity index is 1410. The van der Waals surface area contributed by atoms with Crippen LogP contribution in [0.3, 0.4) is 0 Å². The van der Waals surface area contributed by atoms with Crippen molar-refractivity contribution in [2.24, 2.45) is 7.05 Å². The maximum Gasteiger partial charge on any atom is 0.223 e. The molecule has 0 radical (unpaired) electrons. The Morgan fingerprint density at radius 1 is 1.11 bits per heavy atom. The third kappa shape index (κ3) is 4.78. The second-order valence-corrected chi connectivity index (χ2v) is 9.29. The summed E-state index contributed by atoms with van der Waals surface area (Å²) < 4.78 is 7.89. The molecule has 0 amide bonds. The quantitative estimate of drug-likeness (QED) is 0.435. The van der Waals surface area contributed by atoms with Gasteiger partial charge in [-0.25, -0.2) is 15.0 Å². The lowest BCUT2D eigenvalue weighted by Crippen LogP contribution is -2.42. The molecule has 1 aliphatic rings. The number of aromatic nitrogens is 5. The van der Waals surface area contributed by atoms with Crippen LogP contribution in [0.2, 0.25) is 0 Å². The lowest BCUT2D eigenvalue weighted by Gasteiger charge is -2.36. The fourth-order valence-electron chi connectivity index (χ4n) is 4.47. The Hall–Kier alpha value is -4.23. The number of nitrogens with one attached hydrogen (secondary N) is 1. The monoisotopic (exact) mass is 483 g/mol. The van der Waals surface area contributed by atoms with Gasteiger partial charge in [0.2, 0.25) is 5.88 Å². The number of nitrogens with zero attached hydrogens (tertiary/aromatic N) is 8. The molecule has 4 aromatic heterocycles. The average Bonchev–Trinajstić information content (AvgIpc) is 3.26. The Morgan fingerprint density at radius 3 is 2.58 bits per heavy atom. The molecule has 0 aliphatic carbocycles. The molecule has 5 rings (SSSR count). The van der Waals surface area contributed by atoms with Gasteiger partial charge >= 0.3 is 0 Å². The van der Waals surface area contributed by atoms with Crippen molar-refractivity contribution in [2.75, 3.05) is 37.4 Å². The molecule has 10 nitrogen and oxygen atoms in total. The minimum absolute atomic E-state index is 0.342. The second kappa shape index (κ2) is 9.79. The van der Waals surface area contributed by atoms with Crippen molar-refractivity contribution in [3.8, 4) is 17.7 Å². The van der Waals surface area contributed by atoms with Crippen LogP contribution in [0.1, 0.15) is 24.1 Å². The Morgan fingerprint density at radius 2 is 1.92 bits per heavy atom. The molecular formula is C26H29N9O. The number of anilines is 3. The van der Waals surface area contributed by atoms with Gasteiger partial charge in [0.15, 0.2) is 11.4 Å². The molecule has 1 N–H and O–H groups in total. The van der Waals surface area contributed by atoms with E-state index < -0.39 is 0 Å². The van der Waals surface area contributed by atoms with Gasteiger partial charge in [-0.1, -0.05) is 0 Å². The molecule has 0 atom stereocenters. The molecule has 184 valence electrons. The normalized spacial score (nSPS) is 14.3. The fourth-order valence-corrected chi connectivity index (χ4v) is 4.47. The molecule has 0 bridgehead atoms. The van der Waals surface area contributed by atoms with E-state index in [0.29, 0.717) is 34.8 Å². The van der Waals surface area contributed by atoms with Gasteiger partial charge in [0, 0.05) is 32.2 Å². The van der Waals surface area contributed by atoms with Gasteiger partial charge in [-0.3, -0.25) is 0 Å². The third-order valence-electron chi connectivity index (χ3n) is 6.61. The highest BCUT2D eigenvalue weighted by molar-refractivity contribution is 5.88. The smallest absolute Gasteiger partial charge is 0.223 e. The first kappa shape index (κ1) is 23.5. The van der Waals surface area contributed by atoms with Gasteiger partial charge in [0.05, 0.1) is 30.1 Å². The molecule has 36 heavy (non-hydrogen) atoms. The zero-order valence-corrected chi connectivity index (χ0v) is 20.9. The topological polar surface area (TPSA) is 108 Å². The number of ether oxygens (including phenoxy) is 1. The molecule has 10 heteroatoms. The minimum atomic E-state index is 0.342. The van der Waals surface area contributed by atoms with Crippen LogP contribution in [-0.2, 0) is 7.05 Å². The van der Waals surface area contributed by atoms with Crippen molar-refractivity contribution in [1.82, 2.24) is 29.4 Å². The summed E-state index contributed by atoms with van der Waals surface area (Å²) in [6.45, 7) is 3.93. The van der Waals surface area contributed by atoms with Gasteiger partial charge in [0.25, 0.3) is 0 Å². The summed E-state index contributed by atoms with van der Waals surface area (Å²) in [5.74, 6) is 1.64. The highest BCUT2D eigenvalue weighted by Crippen LogP contribution is 2.31. The maximum absolute atomic E-state index is 9.07. The molecule has 1 aliphatic heterocycles. The molecule has 0 aromatic carbocycles. The molecule has 4 aromatic rings. The molecule has 0 unspecified atom stereocenters. The zero-order valence-electron chi connectivity index (χ0n) is 20.9. The second-order valence-electron chi connectivity index (χ2n) is 9.29. The Balaban J connectivity index is 1.37. The molecule has 5 heterocycles. The standard InChI is InChI=1S/C26H29N9O/c1-17-11-18(13-27)28-15-22(17)36-24-12-21(25-26(32-24)34(4)16-30-25)31-23-6-5-20(14-29-23)35-9-7-19(8-10-35)33(2)3/h5-6,11-12,14-16,19H,7-10H2,1-4H3,(H,29,31,32). The van der Waals surface area contributed by atoms with Crippen molar-refractivity contribution in [3.05, 3.63) is 54.2 Å². The highest BCUT2D eigenvalue weighted by atomic mass is 16.5. The number of hydrogen-bond donors (Lipinski definition) is 1. The van der Waals surface area contributed by atoms with Gasteiger partial charge in [-0.05, 0) is 57.6 Å². The maximum atomic E-state index is 9.07. The van der Waals surface area contributed by atoms with E-state index in [1.165, 1.54) is 6.20 Å². The van der Waals surface area contributed by atoms with E-state index in [2.05, 4.69) is 55.2 Å². The van der Waals surface area contributed by atoms with Crippen LogP contribution in [0, 0.1) is 18.3 Å². The SMILES string of the molecule is Cc1cc(C#N)ncc1Oc1cc(Nc2ccc(N3CCC(N(C)C)CC3)cn2)c2ncn(C)c2n1. The van der Waals surface area contributed by atoms with E-state index in [0.717, 1.165) is 48.4 Å². The zero-order chi connectivity index (χ0) is 25.2. The van der Waals surface area contributed by atoms with E-state index in [-0.39, 0.29) is 0 Å². The van der Waals surface area contributed by atoms with E-state index in [1.54, 1.807) is 18.5 Å². The number of hydrogen-bond acceptors (Lipinski definition) is 9. The first-order valence-corrected chi connectivity index (χ1v) is 11.9. The summed E-state index contributed by atoms with van der Waals surface area (Å²) in [6.07, 6.45) is 7.47. The summed E-state index contributed by atoms with van der Waals surface area (Å²) >= 11 is 0. The average molecular weight is 484 g/mol. The molecular weight excluding hydrogens is 454 g/mol. The predicted octanol–water partition coefficient (Wildman–Crippen LogP) is 4.00. The van der Waals surface area contributed by atoms with Crippen LogP contribution in [0.4, 0.5) is 17.2 Å². The van der Waals surface area contributed by atoms with E-state index in [9.17, 15) is 0 Å². The van der Waals surface area contributed by atoms with Gasteiger partial charge in [-0.2, -0.15) is 10.2 Å². The summed E-state index contributed by atoms with van der Waals surface area (Å²) in [5, 5.41) is 12.5. The van der Waals surface area contributed by atoms with Crippen molar-refractivity contribution >= 4 is 28.4 Å². The minimum Gasteiger partial charge on any atom is -0.437 e. The van der Waals surface area contributed by atoms with Crippen molar-refractivity contribution in [3.63, 3.8) is 0 Å². The Kier molecular flexibility index (Phi) is 6.40. The van der Waals surface area contributed by atoms with Crippen LogP contribution in [0.15, 0.2) is 43.0 Å². The summed E-state index contributed by atoms with van der Waals surface area (Å²) in [6, 6.07) is 10.3. The highest BCUT2D eigenvalue weighted by Gasteiger charge is 2.21. The lowest BCUT2D eigenvalue weighted by molar-refractivity contribution is 0.249. The summed E-state index contributed by atoms with van der Waals surface area (Å²) in [5.41, 5.74) is 4.40. The van der Waals surface area contributed by atoms with Crippen LogP contribution in [0.25, 0.3) is 11.2 Å². The van der Waals surface area contributed by atoms with Crippen LogP contribution in [0.5, 0.6) is 11.6 Å². The predicted molar refractivity (Wildman–Crippen MR) is 139 cm³/mol. The first-order chi connectivity index (χ1) is 17.4. The number of aryl methyl sites for hydroxylation is 2. The van der Waals surface area contributed by atoms with Crippen molar-refractivity contribution in [2.45, 2.75) is 25.8 Å². The van der Waals surface area contributed by atoms with Crippen molar-refractivity contribution < 1.29 is 4.74 Å². The summed E-state index contributed by atoms with van der Waals surface area (Å²) in [4.78, 5) is 22.6. The number of imidazole rings is 1. The number of pyridine rings is 3. The third-order valence-corrected chi connectivity index (χ3v) is 6.61. The Labute approximate surface area is 210 Å². The van der Waals surface area contributed by atoms with E-state index in [4.69, 9.17) is 10.00 Å². The number of piperidine rings is 1. The number of nitriles is 1. The molecule has 1 saturated heterocycles. The van der Waals surface area contributed by atoms with Gasteiger partial charge in [0.1, 0.15) is 23.1 Å². The van der Waals surface area contributed by atoms with Crippen molar-refractivity contribution in [1.29, 1.82) is 5.26 Å². The van der Waals surface area contributed by atoms with Crippen LogP contribution in [-0.4, -0.2) is 62.6 Å². The van der Waals surface area contributed by atoms with Crippen LogP contribution >= 0.6 is 0 Å². The van der Waals surface area contributed by atoms with Crippen LogP contribution < -0.4 is 15.0 Å². The number of fused-ring (bicyclic) bond motifs is 1. The van der Waals surface area contributed by atoms with Gasteiger partial charge < -0.3 is 24.4 Å². The van der Waals surface area contributed by atoms with Gasteiger partial charge in [-0.15, -0.1) is 0 Å². The number of rotatable bonds is 6. The molecule has 0 saturated carbocycles. The van der Waals surface area contributed by atoms with E-state index >= 15 is 0 Å². The molecule has 1 fully saturated rings. The summed E-state index contributed by atoms with van der Waals surface area (Å²) in [7, 11) is 6.19. The van der Waals surface area contributed by atoms with E-state index in [1.807, 2.05) is 36.9 Å². The molecule has 0 spiro atoms. The first-order valence-electron chi connectivity index (χ1n) is 11.9. The fraction of sp³-hybridized carbons (Fsp3) is 0.346. The lowest BCUT2D eigenvalue weighted by atomic mass is 10.0. The largest absolute Gasteiger partial charge is 0.437 e.